The molecule has 1 radical (unpaired) electrons. The third-order valence-electron chi connectivity index (χ3n) is 1.76. The zero-order valence-electron chi connectivity index (χ0n) is 6.88. The molecular formula is C8H14NO2. The quantitative estimate of drug-likeness (QED) is 0.558. The second-order valence-electron chi connectivity index (χ2n) is 2.78. The molecule has 63 valence electrons. The highest BCUT2D eigenvalue weighted by atomic mass is 16.5. The smallest absolute Gasteiger partial charge is 0.246 e. The Morgan fingerprint density at radius 1 is 1.73 bits per heavy atom. The van der Waals surface area contributed by atoms with Gasteiger partial charge >= 0.3 is 0 Å². The maximum absolute atomic E-state index is 10.9. The number of carbonyl (C=O) groups is 1. The van der Waals surface area contributed by atoms with E-state index in [-0.39, 0.29) is 11.8 Å². The van der Waals surface area contributed by atoms with E-state index in [1.54, 1.807) is 0 Å². The van der Waals surface area contributed by atoms with Gasteiger partial charge in [0.2, 0.25) is 5.91 Å². The van der Waals surface area contributed by atoms with E-state index < -0.39 is 0 Å². The molecule has 1 rings (SSSR count). The second kappa shape index (κ2) is 4.34. The van der Waals surface area contributed by atoms with Gasteiger partial charge in [-0.1, -0.05) is 6.92 Å². The van der Waals surface area contributed by atoms with Gasteiger partial charge in [-0.25, -0.2) is 0 Å². The molecule has 0 aliphatic carbocycles. The van der Waals surface area contributed by atoms with Gasteiger partial charge in [-0.05, 0) is 12.8 Å². The molecule has 1 aliphatic heterocycles. The molecule has 11 heavy (non-hydrogen) atoms. The van der Waals surface area contributed by atoms with Crippen LogP contribution in [0.3, 0.4) is 0 Å². The van der Waals surface area contributed by atoms with Crippen LogP contribution in [0.25, 0.3) is 0 Å². The molecule has 0 aromatic heterocycles. The maximum Gasteiger partial charge on any atom is 0.246 e. The Morgan fingerprint density at radius 2 is 2.55 bits per heavy atom. The third-order valence-corrected chi connectivity index (χ3v) is 1.76. The average Bonchev–Trinajstić information content (AvgIpc) is 2.37. The van der Waals surface area contributed by atoms with Crippen molar-refractivity contribution in [2.24, 2.45) is 5.92 Å². The molecule has 0 saturated carbocycles. The summed E-state index contributed by atoms with van der Waals surface area (Å²) in [5.74, 6) is 0.0858. The van der Waals surface area contributed by atoms with Gasteiger partial charge < -0.3 is 4.74 Å². The Balaban J connectivity index is 2.10. The summed E-state index contributed by atoms with van der Waals surface area (Å²) < 4.78 is 5.26. The largest absolute Gasteiger partial charge is 0.381 e. The van der Waals surface area contributed by atoms with Crippen LogP contribution < -0.4 is 5.32 Å². The van der Waals surface area contributed by atoms with Gasteiger partial charge in [0.25, 0.3) is 0 Å². The van der Waals surface area contributed by atoms with Crippen molar-refractivity contribution < 1.29 is 9.53 Å². The van der Waals surface area contributed by atoms with Crippen molar-refractivity contribution in [2.45, 2.75) is 19.8 Å². The Hall–Kier alpha value is -0.570. The first kappa shape index (κ1) is 8.53. The van der Waals surface area contributed by atoms with Gasteiger partial charge in [-0.2, -0.15) is 0 Å². The molecule has 1 heterocycles. The first-order chi connectivity index (χ1) is 5.34. The highest BCUT2D eigenvalue weighted by Crippen LogP contribution is 2.10. The molecule has 1 fully saturated rings. The van der Waals surface area contributed by atoms with Gasteiger partial charge in [0.15, 0.2) is 0 Å². The fourth-order valence-corrected chi connectivity index (χ4v) is 1.11. The van der Waals surface area contributed by atoms with E-state index in [9.17, 15) is 4.79 Å². The Labute approximate surface area is 67.1 Å². The molecule has 1 aliphatic rings. The minimum Gasteiger partial charge on any atom is -0.381 e. The minimum absolute atomic E-state index is 0.0288. The summed E-state index contributed by atoms with van der Waals surface area (Å²) in [5, 5.41) is 3.78. The molecule has 1 saturated heterocycles. The lowest BCUT2D eigenvalue weighted by molar-refractivity contribution is -0.124. The van der Waals surface area contributed by atoms with Gasteiger partial charge in [0.05, 0.1) is 12.5 Å². The average molecular weight is 156 g/mol. The molecule has 0 spiro atoms. The summed E-state index contributed by atoms with van der Waals surface area (Å²) in [6.07, 6.45) is 1.89. The van der Waals surface area contributed by atoms with Crippen molar-refractivity contribution in [3.8, 4) is 0 Å². The SMILES string of the molecule is CCCOCC1CC[N]C1=O. The number of hydrogen-bond acceptors (Lipinski definition) is 2. The number of ether oxygens (including phenoxy) is 1. The predicted octanol–water partition coefficient (Wildman–Crippen LogP) is 0.564. The monoisotopic (exact) mass is 156 g/mol. The molecule has 0 aromatic rings. The van der Waals surface area contributed by atoms with E-state index in [1.165, 1.54) is 0 Å². The van der Waals surface area contributed by atoms with Crippen LogP contribution in [-0.2, 0) is 9.53 Å². The summed E-state index contributed by atoms with van der Waals surface area (Å²) in [4.78, 5) is 10.9. The van der Waals surface area contributed by atoms with Crippen LogP contribution in [0.4, 0.5) is 0 Å². The van der Waals surface area contributed by atoms with Crippen LogP contribution in [0, 0.1) is 5.92 Å². The molecule has 1 atom stereocenters. The van der Waals surface area contributed by atoms with Crippen molar-refractivity contribution in [3.63, 3.8) is 0 Å². The first-order valence-corrected chi connectivity index (χ1v) is 4.13. The van der Waals surface area contributed by atoms with Crippen LogP contribution in [0.1, 0.15) is 19.8 Å². The molecule has 0 aromatic carbocycles. The van der Waals surface area contributed by atoms with E-state index in [4.69, 9.17) is 4.74 Å². The van der Waals surface area contributed by atoms with Crippen LogP contribution in [0.5, 0.6) is 0 Å². The number of amides is 1. The lowest BCUT2D eigenvalue weighted by atomic mass is 10.1. The van der Waals surface area contributed by atoms with Crippen LogP contribution >= 0.6 is 0 Å². The normalized spacial score (nSPS) is 23.7. The fraction of sp³-hybridized carbons (Fsp3) is 0.875. The molecule has 3 heteroatoms. The summed E-state index contributed by atoms with van der Waals surface area (Å²) in [6, 6.07) is 0. The molecule has 0 N–H and O–H groups in total. The molecule has 1 amide bonds. The fourth-order valence-electron chi connectivity index (χ4n) is 1.11. The van der Waals surface area contributed by atoms with Gasteiger partial charge in [0.1, 0.15) is 0 Å². The standard InChI is InChI=1S/C8H14NO2/c1-2-5-11-6-7-3-4-9-8(7)10/h7H,2-6H2,1H3. The summed E-state index contributed by atoms with van der Waals surface area (Å²) in [7, 11) is 0. The van der Waals surface area contributed by atoms with Crippen molar-refractivity contribution in [2.75, 3.05) is 19.8 Å². The van der Waals surface area contributed by atoms with Crippen molar-refractivity contribution in [1.29, 1.82) is 0 Å². The van der Waals surface area contributed by atoms with Crippen molar-refractivity contribution >= 4 is 5.91 Å². The summed E-state index contributed by atoms with van der Waals surface area (Å²) in [6.45, 7) is 4.07. The predicted molar refractivity (Wildman–Crippen MR) is 41.2 cm³/mol. The Bertz CT molecular complexity index is 136. The highest BCUT2D eigenvalue weighted by molar-refractivity contribution is 5.80. The second-order valence-corrected chi connectivity index (χ2v) is 2.78. The highest BCUT2D eigenvalue weighted by Gasteiger charge is 2.25. The van der Waals surface area contributed by atoms with E-state index in [1.807, 2.05) is 0 Å². The third kappa shape index (κ3) is 2.50. The number of nitrogens with zero attached hydrogens (tertiary/aromatic N) is 1. The lowest BCUT2D eigenvalue weighted by Crippen LogP contribution is -2.18. The van der Waals surface area contributed by atoms with E-state index in [0.29, 0.717) is 13.2 Å². The van der Waals surface area contributed by atoms with Gasteiger partial charge in [-0.15, -0.1) is 0 Å². The molecule has 3 nitrogen and oxygen atoms in total. The summed E-state index contributed by atoms with van der Waals surface area (Å²) in [5.41, 5.74) is 0. The zero-order valence-corrected chi connectivity index (χ0v) is 6.88. The number of carbonyl (C=O) groups excluding carboxylic acids is 1. The first-order valence-electron chi connectivity index (χ1n) is 4.13. The molecular weight excluding hydrogens is 142 g/mol. The van der Waals surface area contributed by atoms with Crippen molar-refractivity contribution in [3.05, 3.63) is 0 Å². The van der Waals surface area contributed by atoms with Crippen LogP contribution in [0.15, 0.2) is 0 Å². The van der Waals surface area contributed by atoms with Crippen molar-refractivity contribution in [1.82, 2.24) is 5.32 Å². The van der Waals surface area contributed by atoms with Crippen LogP contribution in [-0.4, -0.2) is 25.7 Å². The zero-order chi connectivity index (χ0) is 8.10. The van der Waals surface area contributed by atoms with E-state index in [2.05, 4.69) is 12.2 Å². The Morgan fingerprint density at radius 3 is 3.09 bits per heavy atom. The molecule has 1 unspecified atom stereocenters. The van der Waals surface area contributed by atoms with Gasteiger partial charge in [-0.3, -0.25) is 10.1 Å². The summed E-state index contributed by atoms with van der Waals surface area (Å²) >= 11 is 0. The number of hydrogen-bond donors (Lipinski definition) is 0. The minimum atomic E-state index is 0.0288. The van der Waals surface area contributed by atoms with E-state index >= 15 is 0 Å². The maximum atomic E-state index is 10.9. The Kier molecular flexibility index (Phi) is 3.36. The van der Waals surface area contributed by atoms with Crippen LogP contribution in [0.2, 0.25) is 0 Å². The topological polar surface area (TPSA) is 40.4 Å². The lowest BCUT2D eigenvalue weighted by Gasteiger charge is -2.05. The van der Waals surface area contributed by atoms with Gasteiger partial charge in [0, 0.05) is 13.2 Å². The van der Waals surface area contributed by atoms with E-state index in [0.717, 1.165) is 19.4 Å². The molecule has 0 bridgehead atoms. The number of rotatable bonds is 4.